The summed E-state index contributed by atoms with van der Waals surface area (Å²) in [7, 11) is 0. The fraction of sp³-hybridized carbons (Fsp3) is 0.556. The van der Waals surface area contributed by atoms with E-state index in [2.05, 4.69) is 0 Å². The van der Waals surface area contributed by atoms with E-state index in [4.69, 9.17) is 0 Å². The first-order valence-electron chi connectivity index (χ1n) is 8.11. The van der Waals surface area contributed by atoms with Crippen LogP contribution < -0.4 is 0 Å². The number of carboxylic acids is 1. The molecule has 23 heavy (non-hydrogen) atoms. The number of likely N-dealkylation sites (tertiary alicyclic amines) is 1. The average Bonchev–Trinajstić information content (AvgIpc) is 3.18. The summed E-state index contributed by atoms with van der Waals surface area (Å²) >= 11 is 0. The third-order valence-corrected chi connectivity index (χ3v) is 5.68. The van der Waals surface area contributed by atoms with Crippen molar-refractivity contribution >= 4 is 11.9 Å². The highest BCUT2D eigenvalue weighted by molar-refractivity contribution is 5.92. The van der Waals surface area contributed by atoms with Crippen LogP contribution >= 0.6 is 0 Å². The van der Waals surface area contributed by atoms with Crippen molar-refractivity contribution in [2.24, 2.45) is 11.3 Å². The molecule has 1 aliphatic carbocycles. The van der Waals surface area contributed by atoms with E-state index in [0.717, 1.165) is 18.4 Å². The molecule has 1 heterocycles. The lowest BCUT2D eigenvalue weighted by atomic mass is 9.76. The number of amides is 1. The van der Waals surface area contributed by atoms with E-state index < -0.39 is 16.8 Å². The molecule has 1 aromatic carbocycles. The summed E-state index contributed by atoms with van der Waals surface area (Å²) < 4.78 is 13.1. The van der Waals surface area contributed by atoms with E-state index in [-0.39, 0.29) is 24.2 Å². The van der Waals surface area contributed by atoms with Crippen molar-refractivity contribution in [2.75, 3.05) is 13.1 Å². The quantitative estimate of drug-likeness (QED) is 0.928. The Morgan fingerprint density at radius 3 is 2.22 bits per heavy atom. The molecule has 4 nitrogen and oxygen atoms in total. The molecule has 1 amide bonds. The minimum atomic E-state index is -0.853. The fourth-order valence-corrected chi connectivity index (χ4v) is 3.72. The number of aliphatic carboxylic acids is 1. The number of carbonyl (C=O) groups excluding carboxylic acids is 1. The van der Waals surface area contributed by atoms with E-state index in [1.807, 2.05) is 13.8 Å². The van der Waals surface area contributed by atoms with Gasteiger partial charge in [-0.3, -0.25) is 9.59 Å². The van der Waals surface area contributed by atoms with Gasteiger partial charge in [-0.25, -0.2) is 4.39 Å². The van der Waals surface area contributed by atoms with Crippen molar-refractivity contribution in [3.05, 3.63) is 35.6 Å². The van der Waals surface area contributed by atoms with Gasteiger partial charge in [0.2, 0.25) is 5.91 Å². The molecular formula is C18H22FNO3. The molecule has 1 saturated carbocycles. The van der Waals surface area contributed by atoms with Crippen LogP contribution in [0.5, 0.6) is 0 Å². The molecule has 0 bridgehead atoms. The smallest absolute Gasteiger partial charge is 0.311 e. The topological polar surface area (TPSA) is 57.6 Å². The second kappa shape index (κ2) is 5.32. The van der Waals surface area contributed by atoms with E-state index in [1.54, 1.807) is 17.0 Å². The maximum Gasteiger partial charge on any atom is 0.311 e. The normalized spacial score (nSPS) is 25.7. The zero-order chi connectivity index (χ0) is 16.8. The van der Waals surface area contributed by atoms with Crippen LogP contribution in [0.3, 0.4) is 0 Å². The lowest BCUT2D eigenvalue weighted by Crippen LogP contribution is -2.43. The van der Waals surface area contributed by atoms with Crippen LogP contribution in [-0.4, -0.2) is 35.0 Å². The highest BCUT2D eigenvalue weighted by atomic mass is 19.1. The summed E-state index contributed by atoms with van der Waals surface area (Å²) in [5.74, 6) is -1.18. The Morgan fingerprint density at radius 2 is 1.78 bits per heavy atom. The average molecular weight is 319 g/mol. The lowest BCUT2D eigenvalue weighted by Gasteiger charge is -2.30. The Hall–Kier alpha value is -1.91. The SMILES string of the molecule is CC(C)C1(C(=O)O)CCN(C(=O)C2(c3ccc(F)cc3)CC2)C1. The van der Waals surface area contributed by atoms with Crippen molar-refractivity contribution in [1.82, 2.24) is 4.90 Å². The first kappa shape index (κ1) is 16.0. The molecule has 0 aromatic heterocycles. The van der Waals surface area contributed by atoms with Gasteiger partial charge in [0, 0.05) is 13.1 Å². The largest absolute Gasteiger partial charge is 0.481 e. The third-order valence-electron chi connectivity index (χ3n) is 5.68. The standard InChI is InChI=1S/C18H22FNO3/c1-12(2)18(16(22)23)9-10-20(11-18)15(21)17(7-8-17)13-3-5-14(19)6-4-13/h3-6,12H,7-11H2,1-2H3,(H,22,23). The zero-order valence-corrected chi connectivity index (χ0v) is 13.5. The van der Waals surface area contributed by atoms with Gasteiger partial charge < -0.3 is 10.0 Å². The Morgan fingerprint density at radius 1 is 1.17 bits per heavy atom. The number of nitrogens with zero attached hydrogens (tertiary/aromatic N) is 1. The van der Waals surface area contributed by atoms with Gasteiger partial charge >= 0.3 is 5.97 Å². The van der Waals surface area contributed by atoms with Crippen LogP contribution in [0, 0.1) is 17.2 Å². The summed E-state index contributed by atoms with van der Waals surface area (Å²) in [6, 6.07) is 6.09. The molecule has 5 heteroatoms. The Kier molecular flexibility index (Phi) is 3.69. The molecule has 3 rings (SSSR count). The van der Waals surface area contributed by atoms with Crippen LogP contribution in [-0.2, 0) is 15.0 Å². The minimum Gasteiger partial charge on any atom is -0.481 e. The zero-order valence-electron chi connectivity index (χ0n) is 13.5. The van der Waals surface area contributed by atoms with Crippen molar-refractivity contribution < 1.29 is 19.1 Å². The number of hydrogen-bond acceptors (Lipinski definition) is 2. The second-order valence-electron chi connectivity index (χ2n) is 7.18. The van der Waals surface area contributed by atoms with Crippen LogP contribution in [0.4, 0.5) is 4.39 Å². The van der Waals surface area contributed by atoms with Crippen molar-refractivity contribution in [2.45, 2.75) is 38.5 Å². The predicted octanol–water partition coefficient (Wildman–Crippen LogP) is 2.82. The molecule has 1 unspecified atom stereocenters. The maximum atomic E-state index is 13.1. The van der Waals surface area contributed by atoms with Crippen LogP contribution in [0.1, 0.15) is 38.7 Å². The lowest BCUT2D eigenvalue weighted by molar-refractivity contribution is -0.151. The molecule has 1 aromatic rings. The molecule has 0 radical (unpaired) electrons. The van der Waals surface area contributed by atoms with E-state index in [1.165, 1.54) is 12.1 Å². The predicted molar refractivity (Wildman–Crippen MR) is 83.4 cm³/mol. The molecule has 1 aliphatic heterocycles. The molecule has 1 atom stereocenters. The minimum absolute atomic E-state index is 0.00659. The van der Waals surface area contributed by atoms with Crippen LogP contribution in [0.25, 0.3) is 0 Å². The molecule has 2 aliphatic rings. The molecule has 0 spiro atoms. The molecule has 1 N–H and O–H groups in total. The molecular weight excluding hydrogens is 297 g/mol. The molecule has 2 fully saturated rings. The van der Waals surface area contributed by atoms with Gasteiger partial charge in [0.1, 0.15) is 5.82 Å². The Bertz CT molecular complexity index is 636. The summed E-state index contributed by atoms with van der Waals surface area (Å²) in [5, 5.41) is 9.62. The van der Waals surface area contributed by atoms with Gasteiger partial charge in [-0.05, 0) is 42.9 Å². The van der Waals surface area contributed by atoms with Crippen molar-refractivity contribution in [3.63, 3.8) is 0 Å². The van der Waals surface area contributed by atoms with E-state index in [0.29, 0.717) is 13.0 Å². The fourth-order valence-electron chi connectivity index (χ4n) is 3.72. The van der Waals surface area contributed by atoms with Gasteiger partial charge in [-0.1, -0.05) is 26.0 Å². The summed E-state index contributed by atoms with van der Waals surface area (Å²) in [6.07, 6.45) is 1.98. The van der Waals surface area contributed by atoms with Crippen molar-refractivity contribution in [3.8, 4) is 0 Å². The van der Waals surface area contributed by atoms with Gasteiger partial charge in [0.15, 0.2) is 0 Å². The highest BCUT2D eigenvalue weighted by Gasteiger charge is 2.56. The van der Waals surface area contributed by atoms with E-state index in [9.17, 15) is 19.1 Å². The number of carbonyl (C=O) groups is 2. The third kappa shape index (κ3) is 2.42. The second-order valence-corrected chi connectivity index (χ2v) is 7.18. The number of hydrogen-bond donors (Lipinski definition) is 1. The molecule has 1 saturated heterocycles. The Balaban J connectivity index is 1.82. The number of rotatable bonds is 4. The first-order valence-corrected chi connectivity index (χ1v) is 8.11. The molecule has 124 valence electrons. The first-order chi connectivity index (χ1) is 10.8. The highest BCUT2D eigenvalue weighted by Crippen LogP contribution is 2.51. The Labute approximate surface area is 135 Å². The van der Waals surface area contributed by atoms with Crippen LogP contribution in [0.15, 0.2) is 24.3 Å². The maximum absolute atomic E-state index is 13.1. The summed E-state index contributed by atoms with van der Waals surface area (Å²) in [4.78, 5) is 26.4. The van der Waals surface area contributed by atoms with Gasteiger partial charge in [-0.2, -0.15) is 0 Å². The van der Waals surface area contributed by atoms with E-state index >= 15 is 0 Å². The van der Waals surface area contributed by atoms with Gasteiger partial charge in [-0.15, -0.1) is 0 Å². The monoisotopic (exact) mass is 319 g/mol. The summed E-state index contributed by atoms with van der Waals surface area (Å²) in [6.45, 7) is 4.54. The van der Waals surface area contributed by atoms with Crippen molar-refractivity contribution in [1.29, 1.82) is 0 Å². The van der Waals surface area contributed by atoms with Gasteiger partial charge in [0.25, 0.3) is 0 Å². The van der Waals surface area contributed by atoms with Crippen LogP contribution in [0.2, 0.25) is 0 Å². The number of benzene rings is 1. The number of carboxylic acid groups (broad SMARTS) is 1. The summed E-state index contributed by atoms with van der Waals surface area (Å²) in [5.41, 5.74) is -0.588. The number of halogens is 1. The van der Waals surface area contributed by atoms with Gasteiger partial charge in [0.05, 0.1) is 10.8 Å².